The molecule has 1 spiro atoms. The summed E-state index contributed by atoms with van der Waals surface area (Å²) < 4.78 is 2.13. The van der Waals surface area contributed by atoms with Crippen molar-refractivity contribution in [1.29, 1.82) is 0 Å². The number of aryl methyl sites for hydroxylation is 1. The lowest BCUT2D eigenvalue weighted by Gasteiger charge is -2.47. The summed E-state index contributed by atoms with van der Waals surface area (Å²) in [6.07, 6.45) is 5.70. The molecule has 3 aliphatic rings. The Morgan fingerprint density at radius 1 is 1.41 bits per heavy atom. The Morgan fingerprint density at radius 3 is 2.91 bits per heavy atom. The lowest BCUT2D eigenvalue weighted by molar-refractivity contribution is 0.0520. The summed E-state index contributed by atoms with van der Waals surface area (Å²) in [5.41, 5.74) is 0.733. The van der Waals surface area contributed by atoms with Crippen molar-refractivity contribution < 1.29 is 4.79 Å². The van der Waals surface area contributed by atoms with E-state index in [1.165, 1.54) is 38.1 Å². The first kappa shape index (κ1) is 14.6. The number of carbonyl (C=O) groups is 1. The molecule has 22 heavy (non-hydrogen) atoms. The van der Waals surface area contributed by atoms with Gasteiger partial charge in [-0.05, 0) is 45.3 Å². The van der Waals surface area contributed by atoms with Crippen molar-refractivity contribution >= 4 is 17.7 Å². The zero-order valence-electron chi connectivity index (χ0n) is 13.2. The van der Waals surface area contributed by atoms with Crippen molar-refractivity contribution in [1.82, 2.24) is 19.6 Å². The number of hydrogen-bond donors (Lipinski definition) is 0. The predicted molar refractivity (Wildman–Crippen MR) is 88.2 cm³/mol. The minimum absolute atomic E-state index is 0.148. The monoisotopic (exact) mass is 320 g/mol. The summed E-state index contributed by atoms with van der Waals surface area (Å²) in [5.74, 6) is 1.39. The van der Waals surface area contributed by atoms with Crippen LogP contribution in [0.3, 0.4) is 0 Å². The molecule has 4 heterocycles. The van der Waals surface area contributed by atoms with Crippen LogP contribution >= 0.6 is 11.8 Å². The van der Waals surface area contributed by atoms with Gasteiger partial charge in [-0.1, -0.05) is 0 Å². The van der Waals surface area contributed by atoms with Gasteiger partial charge in [-0.3, -0.25) is 14.4 Å². The molecule has 120 valence electrons. The molecule has 0 aromatic carbocycles. The van der Waals surface area contributed by atoms with E-state index >= 15 is 0 Å². The van der Waals surface area contributed by atoms with E-state index in [1.807, 2.05) is 17.9 Å². The normalized spacial score (nSPS) is 27.5. The van der Waals surface area contributed by atoms with Gasteiger partial charge in [0, 0.05) is 37.6 Å². The molecule has 6 heteroatoms. The number of rotatable bonds is 3. The third-order valence-electron chi connectivity index (χ3n) is 5.33. The van der Waals surface area contributed by atoms with E-state index in [-0.39, 0.29) is 5.91 Å². The van der Waals surface area contributed by atoms with Crippen molar-refractivity contribution in [2.24, 2.45) is 0 Å². The lowest BCUT2D eigenvalue weighted by atomic mass is 9.91. The van der Waals surface area contributed by atoms with Crippen LogP contribution in [0.15, 0.2) is 12.3 Å². The summed E-state index contributed by atoms with van der Waals surface area (Å²) in [4.78, 5) is 17.3. The van der Waals surface area contributed by atoms with E-state index in [9.17, 15) is 4.79 Å². The molecule has 3 fully saturated rings. The lowest BCUT2D eigenvalue weighted by Crippen LogP contribution is -2.61. The zero-order valence-corrected chi connectivity index (χ0v) is 14.0. The average Bonchev–Trinajstić information content (AvgIpc) is 3.21. The molecule has 3 saturated heterocycles. The Hall–Kier alpha value is -1.01. The average molecular weight is 320 g/mol. The summed E-state index contributed by atoms with van der Waals surface area (Å²) in [5, 5.41) is 4.21. The molecule has 0 saturated carbocycles. The summed E-state index contributed by atoms with van der Waals surface area (Å²) in [7, 11) is 0. The van der Waals surface area contributed by atoms with Gasteiger partial charge in [0.05, 0.1) is 4.75 Å². The van der Waals surface area contributed by atoms with Crippen LogP contribution < -0.4 is 0 Å². The van der Waals surface area contributed by atoms with Gasteiger partial charge in [-0.15, -0.1) is 11.8 Å². The maximum atomic E-state index is 12.6. The standard InChI is InChI=1S/C16H24N4OS/c1-2-20-14(5-6-17-20)15(21)19-11-16(12-19)9-13(10-22-16)18-7-3-4-8-18/h5-6,13H,2-4,7-12H2,1H3. The molecule has 1 atom stereocenters. The van der Waals surface area contributed by atoms with Gasteiger partial charge in [0.2, 0.25) is 0 Å². The van der Waals surface area contributed by atoms with Gasteiger partial charge in [-0.2, -0.15) is 5.10 Å². The molecule has 0 aliphatic carbocycles. The topological polar surface area (TPSA) is 41.4 Å². The Kier molecular flexibility index (Phi) is 3.69. The van der Waals surface area contributed by atoms with E-state index in [0.717, 1.165) is 31.4 Å². The van der Waals surface area contributed by atoms with Gasteiger partial charge >= 0.3 is 0 Å². The molecule has 0 radical (unpaired) electrons. The second-order valence-electron chi connectivity index (χ2n) is 6.79. The predicted octanol–water partition coefficient (Wildman–Crippen LogP) is 1.70. The molecule has 1 amide bonds. The van der Waals surface area contributed by atoms with Gasteiger partial charge in [-0.25, -0.2) is 0 Å². The van der Waals surface area contributed by atoms with Crippen LogP contribution in [0.5, 0.6) is 0 Å². The number of carbonyl (C=O) groups excluding carboxylic acids is 1. The Morgan fingerprint density at radius 2 is 2.18 bits per heavy atom. The van der Waals surface area contributed by atoms with Crippen molar-refractivity contribution in [2.75, 3.05) is 31.9 Å². The molecule has 4 rings (SSSR count). The number of amides is 1. The number of aromatic nitrogens is 2. The molecular formula is C16H24N4OS. The first-order valence-corrected chi connectivity index (χ1v) is 9.38. The minimum Gasteiger partial charge on any atom is -0.334 e. The molecule has 1 aromatic heterocycles. The molecule has 3 aliphatic heterocycles. The van der Waals surface area contributed by atoms with Crippen molar-refractivity contribution in [3.8, 4) is 0 Å². The van der Waals surface area contributed by atoms with Crippen LogP contribution in [0.25, 0.3) is 0 Å². The van der Waals surface area contributed by atoms with Crippen LogP contribution in [0.4, 0.5) is 0 Å². The smallest absolute Gasteiger partial charge is 0.272 e. The largest absolute Gasteiger partial charge is 0.334 e. The summed E-state index contributed by atoms with van der Waals surface area (Å²) >= 11 is 2.10. The Balaban J connectivity index is 1.37. The van der Waals surface area contributed by atoms with E-state index in [1.54, 1.807) is 10.9 Å². The fourth-order valence-corrected chi connectivity index (χ4v) is 5.78. The molecule has 0 bridgehead atoms. The van der Waals surface area contributed by atoms with Crippen molar-refractivity contribution in [3.63, 3.8) is 0 Å². The summed E-state index contributed by atoms with van der Waals surface area (Å²) in [6, 6.07) is 2.58. The van der Waals surface area contributed by atoms with Gasteiger partial charge in [0.1, 0.15) is 5.69 Å². The third kappa shape index (κ3) is 2.36. The van der Waals surface area contributed by atoms with Gasteiger partial charge in [0.25, 0.3) is 5.91 Å². The second kappa shape index (κ2) is 5.57. The molecular weight excluding hydrogens is 296 g/mol. The van der Waals surface area contributed by atoms with Crippen molar-refractivity contribution in [3.05, 3.63) is 18.0 Å². The van der Waals surface area contributed by atoms with Crippen LogP contribution in [0, 0.1) is 0 Å². The third-order valence-corrected chi connectivity index (χ3v) is 6.92. The Labute approximate surface area is 136 Å². The Bertz CT molecular complexity index is 560. The number of likely N-dealkylation sites (tertiary alicyclic amines) is 2. The van der Waals surface area contributed by atoms with E-state index in [4.69, 9.17) is 0 Å². The first-order valence-electron chi connectivity index (χ1n) is 8.40. The zero-order chi connectivity index (χ0) is 15.2. The van der Waals surface area contributed by atoms with Crippen molar-refractivity contribution in [2.45, 2.75) is 43.5 Å². The summed E-state index contributed by atoms with van der Waals surface area (Å²) in [6.45, 7) is 7.15. The quantitative estimate of drug-likeness (QED) is 0.850. The van der Waals surface area contributed by atoms with Gasteiger partial charge < -0.3 is 4.90 Å². The van der Waals surface area contributed by atoms with Crippen LogP contribution in [0.1, 0.15) is 36.7 Å². The second-order valence-corrected chi connectivity index (χ2v) is 8.28. The van der Waals surface area contributed by atoms with E-state index < -0.39 is 0 Å². The van der Waals surface area contributed by atoms with E-state index in [0.29, 0.717) is 4.75 Å². The molecule has 1 aromatic rings. The number of nitrogens with zero attached hydrogens (tertiary/aromatic N) is 4. The molecule has 5 nitrogen and oxygen atoms in total. The molecule has 1 unspecified atom stereocenters. The van der Waals surface area contributed by atoms with Crippen LogP contribution in [-0.2, 0) is 6.54 Å². The minimum atomic E-state index is 0.148. The highest BCUT2D eigenvalue weighted by Crippen LogP contribution is 2.47. The highest BCUT2D eigenvalue weighted by Gasteiger charge is 2.52. The highest BCUT2D eigenvalue weighted by molar-refractivity contribution is 8.01. The maximum Gasteiger partial charge on any atom is 0.272 e. The fourth-order valence-electron chi connectivity index (χ4n) is 4.10. The van der Waals surface area contributed by atoms with Crippen LogP contribution in [0.2, 0.25) is 0 Å². The number of hydrogen-bond acceptors (Lipinski definition) is 4. The van der Waals surface area contributed by atoms with Crippen LogP contribution in [-0.4, -0.2) is 68.2 Å². The maximum absolute atomic E-state index is 12.6. The first-order chi connectivity index (χ1) is 10.7. The molecule has 0 N–H and O–H groups in total. The van der Waals surface area contributed by atoms with Gasteiger partial charge in [0.15, 0.2) is 0 Å². The number of thioether (sulfide) groups is 1. The highest BCUT2D eigenvalue weighted by atomic mass is 32.2. The fraction of sp³-hybridized carbons (Fsp3) is 0.750. The SMILES string of the molecule is CCn1nccc1C(=O)N1CC2(CC(N3CCCC3)CS2)C1. The van der Waals surface area contributed by atoms with E-state index in [2.05, 4.69) is 21.8 Å².